The van der Waals surface area contributed by atoms with Crippen molar-refractivity contribution < 1.29 is 0 Å². The molecule has 1 atom stereocenters. The van der Waals surface area contributed by atoms with E-state index in [1.165, 1.54) is 22.5 Å². The summed E-state index contributed by atoms with van der Waals surface area (Å²) in [5.41, 5.74) is 1.44. The standard InChI is InChI=1S/C16H23N3S/c1-12(19-10-8-16(2,17-3)9-11-19)15-18-13-6-4-5-7-14(13)20-15/h4-7,12,17H,8-11H2,1-3H3. The third-order valence-corrected chi connectivity index (χ3v) is 5.93. The number of piperidine rings is 1. The zero-order chi connectivity index (χ0) is 14.2. The fraction of sp³-hybridized carbons (Fsp3) is 0.562. The Labute approximate surface area is 125 Å². The van der Waals surface area contributed by atoms with E-state index >= 15 is 0 Å². The van der Waals surface area contributed by atoms with E-state index < -0.39 is 0 Å². The van der Waals surface area contributed by atoms with E-state index in [0.717, 1.165) is 18.6 Å². The third kappa shape index (κ3) is 2.60. The molecule has 3 rings (SSSR count). The van der Waals surface area contributed by atoms with Gasteiger partial charge in [0.2, 0.25) is 0 Å². The van der Waals surface area contributed by atoms with Gasteiger partial charge in [-0.15, -0.1) is 11.3 Å². The fourth-order valence-corrected chi connectivity index (χ4v) is 3.93. The molecule has 1 aromatic heterocycles. The second-order valence-electron chi connectivity index (χ2n) is 6.04. The largest absolute Gasteiger partial charge is 0.314 e. The van der Waals surface area contributed by atoms with Crippen LogP contribution in [0.15, 0.2) is 24.3 Å². The van der Waals surface area contributed by atoms with Gasteiger partial charge < -0.3 is 5.32 Å². The lowest BCUT2D eigenvalue weighted by atomic mass is 9.89. The van der Waals surface area contributed by atoms with Crippen LogP contribution in [0.3, 0.4) is 0 Å². The second-order valence-corrected chi connectivity index (χ2v) is 7.10. The van der Waals surface area contributed by atoms with Crippen molar-refractivity contribution in [2.75, 3.05) is 20.1 Å². The number of para-hydroxylation sites is 1. The molecule has 2 aromatic rings. The average Bonchev–Trinajstić information content (AvgIpc) is 2.91. The van der Waals surface area contributed by atoms with Crippen LogP contribution in [0.25, 0.3) is 10.2 Å². The molecule has 0 aliphatic carbocycles. The Hall–Kier alpha value is -0.970. The van der Waals surface area contributed by atoms with Crippen molar-refractivity contribution in [2.45, 2.75) is 38.3 Å². The SMILES string of the molecule is CNC1(C)CCN(C(C)c2nc3ccccc3s2)CC1. The van der Waals surface area contributed by atoms with Gasteiger partial charge >= 0.3 is 0 Å². The van der Waals surface area contributed by atoms with E-state index in [9.17, 15) is 0 Å². The van der Waals surface area contributed by atoms with Gasteiger partial charge in [0, 0.05) is 18.6 Å². The molecule has 20 heavy (non-hydrogen) atoms. The Morgan fingerprint density at radius 1 is 1.30 bits per heavy atom. The van der Waals surface area contributed by atoms with Crippen LogP contribution in [0, 0.1) is 0 Å². The molecular weight excluding hydrogens is 266 g/mol. The van der Waals surface area contributed by atoms with E-state index in [2.05, 4.69) is 55.4 Å². The molecule has 1 aliphatic rings. The smallest absolute Gasteiger partial charge is 0.111 e. The summed E-state index contributed by atoms with van der Waals surface area (Å²) in [4.78, 5) is 7.37. The molecule has 0 bridgehead atoms. The highest BCUT2D eigenvalue weighted by Gasteiger charge is 2.31. The third-order valence-electron chi connectivity index (χ3n) is 4.72. The predicted octanol–water partition coefficient (Wildman–Crippen LogP) is 3.43. The number of rotatable bonds is 3. The van der Waals surface area contributed by atoms with Gasteiger partial charge in [-0.3, -0.25) is 4.90 Å². The molecule has 0 spiro atoms. The van der Waals surface area contributed by atoms with E-state index in [4.69, 9.17) is 4.98 Å². The molecule has 0 radical (unpaired) electrons. The molecule has 1 saturated heterocycles. The van der Waals surface area contributed by atoms with E-state index in [1.54, 1.807) is 0 Å². The Kier molecular flexibility index (Phi) is 3.80. The lowest BCUT2D eigenvalue weighted by molar-refractivity contribution is 0.117. The van der Waals surface area contributed by atoms with Gasteiger partial charge in [-0.1, -0.05) is 12.1 Å². The average molecular weight is 289 g/mol. The first-order valence-electron chi connectivity index (χ1n) is 7.40. The maximum Gasteiger partial charge on any atom is 0.111 e. The molecule has 108 valence electrons. The number of hydrogen-bond donors (Lipinski definition) is 1. The number of fused-ring (bicyclic) bond motifs is 1. The zero-order valence-electron chi connectivity index (χ0n) is 12.5. The summed E-state index contributed by atoms with van der Waals surface area (Å²) in [7, 11) is 2.08. The number of likely N-dealkylation sites (tertiary alicyclic amines) is 1. The van der Waals surface area contributed by atoms with Crippen molar-refractivity contribution in [1.29, 1.82) is 0 Å². The van der Waals surface area contributed by atoms with Crippen molar-refractivity contribution in [2.24, 2.45) is 0 Å². The van der Waals surface area contributed by atoms with E-state index in [1.807, 2.05) is 11.3 Å². The summed E-state index contributed by atoms with van der Waals surface area (Å²) in [6.45, 7) is 6.91. The molecule has 1 unspecified atom stereocenters. The first-order valence-corrected chi connectivity index (χ1v) is 8.21. The van der Waals surface area contributed by atoms with Crippen molar-refractivity contribution in [3.05, 3.63) is 29.3 Å². The fourth-order valence-electron chi connectivity index (χ4n) is 2.88. The van der Waals surface area contributed by atoms with Crippen LogP contribution in [0.2, 0.25) is 0 Å². The monoisotopic (exact) mass is 289 g/mol. The van der Waals surface area contributed by atoms with Gasteiger partial charge in [0.05, 0.1) is 16.3 Å². The second kappa shape index (κ2) is 5.43. The lowest BCUT2D eigenvalue weighted by Gasteiger charge is -2.41. The number of nitrogens with zero attached hydrogens (tertiary/aromatic N) is 2. The highest BCUT2D eigenvalue weighted by Crippen LogP contribution is 2.32. The number of thiazole rings is 1. The first-order chi connectivity index (χ1) is 9.61. The lowest BCUT2D eigenvalue weighted by Crippen LogP contribution is -2.50. The first kappa shape index (κ1) is 14.0. The zero-order valence-corrected chi connectivity index (χ0v) is 13.3. The van der Waals surface area contributed by atoms with Crippen LogP contribution >= 0.6 is 11.3 Å². The van der Waals surface area contributed by atoms with Crippen LogP contribution in [-0.4, -0.2) is 35.6 Å². The van der Waals surface area contributed by atoms with Crippen LogP contribution in [-0.2, 0) is 0 Å². The number of benzene rings is 1. The van der Waals surface area contributed by atoms with Crippen molar-refractivity contribution in [3.8, 4) is 0 Å². The van der Waals surface area contributed by atoms with Gasteiger partial charge in [-0.25, -0.2) is 4.98 Å². The van der Waals surface area contributed by atoms with Crippen molar-refractivity contribution in [3.63, 3.8) is 0 Å². The summed E-state index contributed by atoms with van der Waals surface area (Å²) >= 11 is 1.84. The van der Waals surface area contributed by atoms with Crippen LogP contribution in [0.1, 0.15) is 37.7 Å². The molecule has 0 amide bonds. The minimum absolute atomic E-state index is 0.309. The molecule has 1 aliphatic heterocycles. The van der Waals surface area contributed by atoms with Gasteiger partial charge in [0.25, 0.3) is 0 Å². The Morgan fingerprint density at radius 3 is 2.65 bits per heavy atom. The summed E-state index contributed by atoms with van der Waals surface area (Å²) in [5.74, 6) is 0. The maximum absolute atomic E-state index is 4.81. The van der Waals surface area contributed by atoms with Crippen LogP contribution in [0.4, 0.5) is 0 Å². The van der Waals surface area contributed by atoms with Gasteiger partial charge in [-0.2, -0.15) is 0 Å². The number of aromatic nitrogens is 1. The highest BCUT2D eigenvalue weighted by atomic mass is 32.1. The summed E-state index contributed by atoms with van der Waals surface area (Å²) < 4.78 is 1.30. The molecule has 0 saturated carbocycles. The minimum Gasteiger partial charge on any atom is -0.314 e. The van der Waals surface area contributed by atoms with E-state index in [0.29, 0.717) is 11.6 Å². The van der Waals surface area contributed by atoms with Crippen molar-refractivity contribution >= 4 is 21.6 Å². The number of hydrogen-bond acceptors (Lipinski definition) is 4. The van der Waals surface area contributed by atoms with Gasteiger partial charge in [0.15, 0.2) is 0 Å². The molecule has 3 nitrogen and oxygen atoms in total. The van der Waals surface area contributed by atoms with Crippen molar-refractivity contribution in [1.82, 2.24) is 15.2 Å². The Bertz CT molecular complexity index is 551. The van der Waals surface area contributed by atoms with Gasteiger partial charge in [0.1, 0.15) is 5.01 Å². The molecule has 1 fully saturated rings. The topological polar surface area (TPSA) is 28.2 Å². The van der Waals surface area contributed by atoms with Crippen LogP contribution in [0.5, 0.6) is 0 Å². The Balaban J connectivity index is 1.74. The summed E-state index contributed by atoms with van der Waals surface area (Å²) in [6.07, 6.45) is 2.41. The summed E-state index contributed by atoms with van der Waals surface area (Å²) in [6, 6.07) is 8.85. The normalized spacial score (nSPS) is 21.1. The van der Waals surface area contributed by atoms with Gasteiger partial charge in [-0.05, 0) is 45.9 Å². The minimum atomic E-state index is 0.309. The van der Waals surface area contributed by atoms with Crippen LogP contribution < -0.4 is 5.32 Å². The maximum atomic E-state index is 4.81. The van der Waals surface area contributed by atoms with E-state index in [-0.39, 0.29) is 0 Å². The summed E-state index contributed by atoms with van der Waals surface area (Å²) in [5, 5.41) is 4.71. The number of nitrogens with one attached hydrogen (secondary N) is 1. The molecule has 1 N–H and O–H groups in total. The highest BCUT2D eigenvalue weighted by molar-refractivity contribution is 7.18. The molecule has 2 heterocycles. The molecule has 4 heteroatoms. The quantitative estimate of drug-likeness (QED) is 0.938. The Morgan fingerprint density at radius 2 is 2.00 bits per heavy atom. The predicted molar refractivity (Wildman–Crippen MR) is 86.3 cm³/mol. The molecule has 1 aromatic carbocycles. The molecular formula is C16H23N3S.